The molecule has 3 aliphatic carbocycles. The van der Waals surface area contributed by atoms with Gasteiger partial charge in [-0.3, -0.25) is 19.2 Å². The zero-order chi connectivity index (χ0) is 27.5. The Morgan fingerprint density at radius 1 is 0.946 bits per heavy atom. The first-order chi connectivity index (χ1) is 17.1. The summed E-state index contributed by atoms with van der Waals surface area (Å²) in [6, 6.07) is 0. The van der Waals surface area contributed by atoms with Crippen LogP contribution >= 0.6 is 0 Å². The van der Waals surface area contributed by atoms with Gasteiger partial charge in [0.1, 0.15) is 12.2 Å². The maximum atomic E-state index is 14.1. The zero-order valence-electron chi connectivity index (χ0n) is 23.0. The molecule has 1 saturated heterocycles. The van der Waals surface area contributed by atoms with Crippen molar-refractivity contribution in [2.75, 3.05) is 0 Å². The van der Waals surface area contributed by atoms with Crippen LogP contribution in [0.5, 0.6) is 0 Å². The minimum Gasteiger partial charge on any atom is -0.461 e. The molecular weight excluding hydrogens is 480 g/mol. The molecular formula is C28H40O9. The molecule has 0 aromatic carbocycles. The third-order valence-electron chi connectivity index (χ3n) is 9.14. The SMILES string of the molecule is C=C1C(OC(C)=O)CC(OC(C)=O)C(C)(C)C(=O)C(OC(C)=O)CC23CC4(C)OC(C)OC2C4CCC13. The van der Waals surface area contributed by atoms with E-state index in [2.05, 4.69) is 13.5 Å². The number of hydrogen-bond donors (Lipinski definition) is 0. The molecule has 4 rings (SSSR count). The molecule has 37 heavy (non-hydrogen) atoms. The average molecular weight is 521 g/mol. The fourth-order valence-corrected chi connectivity index (χ4v) is 7.77. The summed E-state index contributed by atoms with van der Waals surface area (Å²) in [4.78, 5) is 50.6. The Kier molecular flexibility index (Phi) is 7.12. The topological polar surface area (TPSA) is 114 Å². The van der Waals surface area contributed by atoms with Crippen LogP contribution in [0.25, 0.3) is 0 Å². The van der Waals surface area contributed by atoms with Crippen molar-refractivity contribution in [1.29, 1.82) is 0 Å². The van der Waals surface area contributed by atoms with Crippen molar-refractivity contribution in [2.24, 2.45) is 22.7 Å². The number of ketones is 1. The van der Waals surface area contributed by atoms with Gasteiger partial charge in [0.05, 0.1) is 17.1 Å². The summed E-state index contributed by atoms with van der Waals surface area (Å²) >= 11 is 0. The van der Waals surface area contributed by atoms with Crippen LogP contribution in [0.4, 0.5) is 0 Å². The van der Waals surface area contributed by atoms with Crippen LogP contribution in [0.3, 0.4) is 0 Å². The van der Waals surface area contributed by atoms with E-state index in [1.807, 2.05) is 6.92 Å². The van der Waals surface area contributed by atoms with Gasteiger partial charge in [-0.2, -0.15) is 0 Å². The first kappa shape index (κ1) is 27.8. The normalized spacial score (nSPS) is 42.8. The van der Waals surface area contributed by atoms with Crippen LogP contribution in [0.1, 0.15) is 80.6 Å². The minimum absolute atomic E-state index is 0.0647. The van der Waals surface area contributed by atoms with Gasteiger partial charge in [-0.05, 0) is 58.4 Å². The van der Waals surface area contributed by atoms with Gasteiger partial charge in [-0.25, -0.2) is 0 Å². The van der Waals surface area contributed by atoms with E-state index >= 15 is 0 Å². The standard InChI is InChI=1S/C28H40O9/c1-14-19-9-10-20-25-28(19,13-27(20,8)37-18(5)36-25)12-22(34-16(3)30)24(32)26(6,7)23(35-17(4)31)11-21(14)33-15(2)29/h18-23,25H,1,9-13H2,2-8H3. The van der Waals surface area contributed by atoms with Crippen LogP contribution in [0.15, 0.2) is 12.2 Å². The van der Waals surface area contributed by atoms with Gasteiger partial charge in [0.15, 0.2) is 18.2 Å². The van der Waals surface area contributed by atoms with Gasteiger partial charge in [0.2, 0.25) is 0 Å². The molecule has 0 aromatic heterocycles. The van der Waals surface area contributed by atoms with Gasteiger partial charge in [0, 0.05) is 44.9 Å². The van der Waals surface area contributed by atoms with E-state index in [1.54, 1.807) is 13.8 Å². The molecule has 1 heterocycles. The van der Waals surface area contributed by atoms with Crippen LogP contribution < -0.4 is 0 Å². The molecule has 0 amide bonds. The molecule has 9 heteroatoms. The quantitative estimate of drug-likeness (QED) is 0.312. The summed E-state index contributed by atoms with van der Waals surface area (Å²) in [5.74, 6) is -2.05. The average Bonchev–Trinajstić information content (AvgIpc) is 2.84. The number of Topliss-reactive ketones (excluding diaryl/α,β-unsaturated/α-hetero) is 1. The number of carbonyl (C=O) groups excluding carboxylic acids is 4. The number of esters is 3. The van der Waals surface area contributed by atoms with Crippen LogP contribution in [-0.2, 0) is 42.9 Å². The van der Waals surface area contributed by atoms with Crippen molar-refractivity contribution in [2.45, 2.75) is 117 Å². The monoisotopic (exact) mass is 520 g/mol. The highest BCUT2D eigenvalue weighted by Crippen LogP contribution is 2.67. The lowest BCUT2D eigenvalue weighted by atomic mass is 9.58. The molecule has 9 atom stereocenters. The minimum atomic E-state index is -1.25. The molecule has 9 unspecified atom stereocenters. The molecule has 3 saturated carbocycles. The fraction of sp³-hybridized carbons (Fsp3) is 0.786. The molecule has 9 nitrogen and oxygen atoms in total. The van der Waals surface area contributed by atoms with Crippen molar-refractivity contribution < 1.29 is 42.9 Å². The van der Waals surface area contributed by atoms with Gasteiger partial charge in [-0.15, -0.1) is 0 Å². The molecule has 0 radical (unpaired) electrons. The highest BCUT2D eigenvalue weighted by molar-refractivity contribution is 5.91. The second kappa shape index (κ2) is 9.49. The highest BCUT2D eigenvalue weighted by Gasteiger charge is 2.70. The van der Waals surface area contributed by atoms with E-state index in [4.69, 9.17) is 23.7 Å². The highest BCUT2D eigenvalue weighted by atomic mass is 16.7. The second-order valence-electron chi connectivity index (χ2n) is 12.1. The smallest absolute Gasteiger partial charge is 0.303 e. The first-order valence-corrected chi connectivity index (χ1v) is 13.2. The Morgan fingerprint density at radius 2 is 1.54 bits per heavy atom. The summed E-state index contributed by atoms with van der Waals surface area (Å²) in [5.41, 5.74) is -1.65. The Labute approximate surface area is 218 Å². The van der Waals surface area contributed by atoms with Gasteiger partial charge in [0.25, 0.3) is 0 Å². The van der Waals surface area contributed by atoms with Crippen LogP contribution in [0, 0.1) is 22.7 Å². The van der Waals surface area contributed by atoms with Crippen LogP contribution in [-0.4, -0.2) is 60.0 Å². The lowest BCUT2D eigenvalue weighted by Crippen LogP contribution is -2.56. The van der Waals surface area contributed by atoms with Crippen LogP contribution in [0.2, 0.25) is 0 Å². The molecule has 4 aliphatic rings. The number of carbonyl (C=O) groups is 4. The Balaban J connectivity index is 1.88. The summed E-state index contributed by atoms with van der Waals surface area (Å²) < 4.78 is 29.9. The molecule has 4 bridgehead atoms. The van der Waals surface area contributed by atoms with Crippen molar-refractivity contribution in [3.05, 3.63) is 12.2 Å². The molecule has 4 fully saturated rings. The van der Waals surface area contributed by atoms with Crippen molar-refractivity contribution in [3.63, 3.8) is 0 Å². The lowest BCUT2D eigenvalue weighted by molar-refractivity contribution is -0.286. The maximum Gasteiger partial charge on any atom is 0.303 e. The van der Waals surface area contributed by atoms with Crippen molar-refractivity contribution >= 4 is 23.7 Å². The first-order valence-electron chi connectivity index (χ1n) is 13.2. The van der Waals surface area contributed by atoms with Crippen molar-refractivity contribution in [1.82, 2.24) is 0 Å². The summed E-state index contributed by atoms with van der Waals surface area (Å²) in [5, 5.41) is 0. The van der Waals surface area contributed by atoms with E-state index in [-0.39, 0.29) is 36.6 Å². The molecule has 0 N–H and O–H groups in total. The van der Waals surface area contributed by atoms with Gasteiger partial charge in [-0.1, -0.05) is 6.58 Å². The molecule has 1 aliphatic heterocycles. The van der Waals surface area contributed by atoms with E-state index in [1.165, 1.54) is 20.8 Å². The van der Waals surface area contributed by atoms with Crippen molar-refractivity contribution in [3.8, 4) is 0 Å². The number of ether oxygens (including phenoxy) is 5. The summed E-state index contributed by atoms with van der Waals surface area (Å²) in [6.07, 6.45) is -1.03. The van der Waals surface area contributed by atoms with E-state index < -0.39 is 58.9 Å². The predicted molar refractivity (Wildman–Crippen MR) is 131 cm³/mol. The Bertz CT molecular complexity index is 1000. The third kappa shape index (κ3) is 4.73. The largest absolute Gasteiger partial charge is 0.461 e. The molecule has 1 spiro atoms. The van der Waals surface area contributed by atoms with Gasteiger partial charge < -0.3 is 23.7 Å². The third-order valence-corrected chi connectivity index (χ3v) is 9.14. The summed E-state index contributed by atoms with van der Waals surface area (Å²) in [6.45, 7) is 15.6. The zero-order valence-corrected chi connectivity index (χ0v) is 23.0. The Morgan fingerprint density at radius 3 is 2.14 bits per heavy atom. The number of hydrogen-bond acceptors (Lipinski definition) is 9. The summed E-state index contributed by atoms with van der Waals surface area (Å²) in [7, 11) is 0. The number of rotatable bonds is 3. The molecule has 0 aromatic rings. The van der Waals surface area contributed by atoms with Gasteiger partial charge >= 0.3 is 17.9 Å². The van der Waals surface area contributed by atoms with E-state index in [9.17, 15) is 19.2 Å². The predicted octanol–water partition coefficient (Wildman–Crippen LogP) is 3.66. The van der Waals surface area contributed by atoms with E-state index in [0.29, 0.717) is 12.0 Å². The maximum absolute atomic E-state index is 14.1. The lowest BCUT2D eigenvalue weighted by Gasteiger charge is -2.52. The molecule has 206 valence electrons. The Hall–Kier alpha value is -2.26. The van der Waals surface area contributed by atoms with E-state index in [0.717, 1.165) is 12.8 Å². The fourth-order valence-electron chi connectivity index (χ4n) is 7.77. The second-order valence-corrected chi connectivity index (χ2v) is 12.1.